The van der Waals surface area contributed by atoms with Gasteiger partial charge in [-0.3, -0.25) is 14.7 Å². The molecule has 2 atom stereocenters. The minimum atomic E-state index is -0.113. The van der Waals surface area contributed by atoms with Crippen LogP contribution in [0, 0.1) is 0 Å². The maximum absolute atomic E-state index is 12.6. The summed E-state index contributed by atoms with van der Waals surface area (Å²) in [6.45, 7) is 4.87. The number of nitrogens with zero attached hydrogens (tertiary/aromatic N) is 2. The number of ether oxygens (including phenoxy) is 1. The third kappa shape index (κ3) is 4.39. The Morgan fingerprint density at radius 3 is 3.00 bits per heavy atom. The van der Waals surface area contributed by atoms with Crippen LogP contribution in [0.4, 0.5) is 0 Å². The monoisotopic (exact) mass is 354 g/mol. The van der Waals surface area contributed by atoms with Crippen molar-refractivity contribution in [3.8, 4) is 5.75 Å². The average Bonchev–Trinajstić information content (AvgIpc) is 2.69. The van der Waals surface area contributed by atoms with Gasteiger partial charge in [-0.2, -0.15) is 0 Å². The molecule has 3 rings (SSSR count). The van der Waals surface area contributed by atoms with Gasteiger partial charge in [0.05, 0.1) is 19.7 Å². The van der Waals surface area contributed by atoms with Gasteiger partial charge < -0.3 is 15.4 Å². The van der Waals surface area contributed by atoms with Gasteiger partial charge in [0, 0.05) is 43.6 Å². The number of aromatic nitrogens is 1. The van der Waals surface area contributed by atoms with Gasteiger partial charge in [-0.05, 0) is 24.6 Å². The number of hydrogen-bond acceptors (Lipinski definition) is 5. The van der Waals surface area contributed by atoms with Crippen molar-refractivity contribution in [1.82, 2.24) is 20.5 Å². The first kappa shape index (κ1) is 18.4. The van der Waals surface area contributed by atoms with E-state index in [9.17, 15) is 4.79 Å². The van der Waals surface area contributed by atoms with E-state index in [0.29, 0.717) is 6.54 Å². The minimum Gasteiger partial charge on any atom is -0.496 e. The molecule has 6 heteroatoms. The predicted molar refractivity (Wildman–Crippen MR) is 101 cm³/mol. The van der Waals surface area contributed by atoms with Crippen molar-refractivity contribution in [3.05, 3.63) is 59.9 Å². The van der Waals surface area contributed by atoms with E-state index < -0.39 is 0 Å². The summed E-state index contributed by atoms with van der Waals surface area (Å²) in [5.74, 6) is 0.801. The van der Waals surface area contributed by atoms with Crippen molar-refractivity contribution >= 4 is 5.91 Å². The highest BCUT2D eigenvalue weighted by atomic mass is 16.5. The number of rotatable bonds is 6. The molecule has 0 radical (unpaired) electrons. The number of carbonyl (C=O) groups excluding carboxylic acids is 1. The number of piperazine rings is 1. The summed E-state index contributed by atoms with van der Waals surface area (Å²) in [5, 5.41) is 6.49. The minimum absolute atomic E-state index is 0.0131. The molecule has 1 aromatic carbocycles. The predicted octanol–water partition coefficient (Wildman–Crippen LogP) is 1.91. The van der Waals surface area contributed by atoms with E-state index in [-0.39, 0.29) is 18.0 Å². The first-order valence-corrected chi connectivity index (χ1v) is 8.96. The fourth-order valence-electron chi connectivity index (χ4n) is 3.41. The molecule has 1 saturated heterocycles. The van der Waals surface area contributed by atoms with Crippen molar-refractivity contribution in [3.63, 3.8) is 0 Å². The van der Waals surface area contributed by atoms with Crippen LogP contribution in [0.2, 0.25) is 0 Å². The molecule has 26 heavy (non-hydrogen) atoms. The van der Waals surface area contributed by atoms with Crippen molar-refractivity contribution in [2.24, 2.45) is 0 Å². The lowest BCUT2D eigenvalue weighted by Gasteiger charge is -2.36. The first-order chi connectivity index (χ1) is 12.7. The van der Waals surface area contributed by atoms with E-state index in [0.717, 1.165) is 36.5 Å². The number of carbonyl (C=O) groups is 1. The second-order valence-corrected chi connectivity index (χ2v) is 6.51. The molecule has 1 amide bonds. The van der Waals surface area contributed by atoms with Gasteiger partial charge in [0.25, 0.3) is 0 Å². The van der Waals surface area contributed by atoms with E-state index in [1.54, 1.807) is 13.3 Å². The highest BCUT2D eigenvalue weighted by Gasteiger charge is 2.26. The first-order valence-electron chi connectivity index (χ1n) is 8.96. The van der Waals surface area contributed by atoms with Gasteiger partial charge in [0.2, 0.25) is 5.91 Å². The van der Waals surface area contributed by atoms with Crippen LogP contribution in [0.25, 0.3) is 0 Å². The standard InChI is InChI=1S/C20H26N4O2/c1-15(17-7-3-4-8-19(17)26-2)23-20(25)14-24-11-10-22-13-18(24)16-6-5-9-21-12-16/h3-9,12,15,18,22H,10-11,13-14H2,1-2H3,(H,23,25). The molecule has 2 aromatic rings. The summed E-state index contributed by atoms with van der Waals surface area (Å²) in [6.07, 6.45) is 3.64. The average molecular weight is 354 g/mol. The third-order valence-corrected chi connectivity index (χ3v) is 4.75. The number of para-hydroxylation sites is 1. The Labute approximate surface area is 154 Å². The largest absolute Gasteiger partial charge is 0.496 e. The van der Waals surface area contributed by atoms with Crippen molar-refractivity contribution in [2.75, 3.05) is 33.3 Å². The van der Waals surface area contributed by atoms with Gasteiger partial charge in [-0.1, -0.05) is 24.3 Å². The maximum Gasteiger partial charge on any atom is 0.234 e. The summed E-state index contributed by atoms with van der Waals surface area (Å²) in [6, 6.07) is 11.8. The summed E-state index contributed by atoms with van der Waals surface area (Å²) in [7, 11) is 1.65. The Hall–Kier alpha value is -2.44. The van der Waals surface area contributed by atoms with Crippen LogP contribution in [-0.2, 0) is 4.79 Å². The second-order valence-electron chi connectivity index (χ2n) is 6.51. The molecule has 6 nitrogen and oxygen atoms in total. The lowest BCUT2D eigenvalue weighted by atomic mass is 10.0. The van der Waals surface area contributed by atoms with Crippen molar-refractivity contribution in [1.29, 1.82) is 0 Å². The Morgan fingerprint density at radius 1 is 1.38 bits per heavy atom. The quantitative estimate of drug-likeness (QED) is 0.830. The van der Waals surface area contributed by atoms with Crippen LogP contribution >= 0.6 is 0 Å². The molecule has 138 valence electrons. The van der Waals surface area contributed by atoms with Crippen LogP contribution in [0.1, 0.15) is 30.1 Å². The highest BCUT2D eigenvalue weighted by Crippen LogP contribution is 2.25. The molecule has 1 aromatic heterocycles. The van der Waals surface area contributed by atoms with Crippen LogP contribution < -0.4 is 15.4 Å². The molecule has 0 aliphatic carbocycles. The van der Waals surface area contributed by atoms with Crippen LogP contribution in [0.5, 0.6) is 5.75 Å². The zero-order chi connectivity index (χ0) is 18.4. The summed E-state index contributed by atoms with van der Waals surface area (Å²) in [5.41, 5.74) is 2.11. The van der Waals surface area contributed by atoms with Crippen molar-refractivity contribution < 1.29 is 9.53 Å². The molecule has 2 heterocycles. The lowest BCUT2D eigenvalue weighted by Crippen LogP contribution is -2.49. The molecule has 2 unspecified atom stereocenters. The molecular formula is C20H26N4O2. The molecule has 1 aliphatic rings. The molecule has 0 bridgehead atoms. The van der Waals surface area contributed by atoms with Gasteiger partial charge >= 0.3 is 0 Å². The van der Waals surface area contributed by atoms with Gasteiger partial charge in [0.15, 0.2) is 0 Å². The fourth-order valence-corrected chi connectivity index (χ4v) is 3.41. The smallest absolute Gasteiger partial charge is 0.234 e. The van der Waals surface area contributed by atoms with Gasteiger partial charge in [0.1, 0.15) is 5.75 Å². The number of nitrogens with one attached hydrogen (secondary N) is 2. The third-order valence-electron chi connectivity index (χ3n) is 4.75. The topological polar surface area (TPSA) is 66.5 Å². The number of methoxy groups -OCH3 is 1. The van der Waals surface area contributed by atoms with E-state index in [1.165, 1.54) is 0 Å². The normalized spacial score (nSPS) is 18.9. The summed E-state index contributed by atoms with van der Waals surface area (Å²) in [4.78, 5) is 19.1. The molecule has 1 fully saturated rings. The summed E-state index contributed by atoms with van der Waals surface area (Å²) >= 11 is 0. The molecular weight excluding hydrogens is 328 g/mol. The highest BCUT2D eigenvalue weighted by molar-refractivity contribution is 5.78. The number of benzene rings is 1. The molecule has 0 saturated carbocycles. The number of pyridine rings is 1. The van der Waals surface area contributed by atoms with Crippen LogP contribution in [-0.4, -0.2) is 49.1 Å². The molecule has 1 aliphatic heterocycles. The van der Waals surface area contributed by atoms with Gasteiger partial charge in [-0.15, -0.1) is 0 Å². The Kier molecular flexibility index (Phi) is 6.20. The maximum atomic E-state index is 12.6. The van der Waals surface area contributed by atoms with Crippen molar-refractivity contribution in [2.45, 2.75) is 19.0 Å². The zero-order valence-corrected chi connectivity index (χ0v) is 15.3. The number of hydrogen-bond donors (Lipinski definition) is 2. The summed E-state index contributed by atoms with van der Waals surface area (Å²) < 4.78 is 5.40. The second kappa shape index (κ2) is 8.78. The number of amides is 1. The van der Waals surface area contributed by atoms with E-state index in [2.05, 4.69) is 26.6 Å². The Morgan fingerprint density at radius 2 is 2.23 bits per heavy atom. The fraction of sp³-hybridized carbons (Fsp3) is 0.400. The van der Waals surface area contributed by atoms with Crippen LogP contribution in [0.15, 0.2) is 48.8 Å². The zero-order valence-electron chi connectivity index (χ0n) is 15.3. The van der Waals surface area contributed by atoms with E-state index in [1.807, 2.05) is 43.5 Å². The SMILES string of the molecule is COc1ccccc1C(C)NC(=O)CN1CCNCC1c1cccnc1. The lowest BCUT2D eigenvalue weighted by molar-refractivity contribution is -0.123. The van der Waals surface area contributed by atoms with Gasteiger partial charge in [-0.25, -0.2) is 0 Å². The van der Waals surface area contributed by atoms with E-state index in [4.69, 9.17) is 4.74 Å². The molecule has 0 spiro atoms. The molecule has 2 N–H and O–H groups in total. The Bertz CT molecular complexity index is 723. The van der Waals surface area contributed by atoms with Crippen LogP contribution in [0.3, 0.4) is 0 Å². The van der Waals surface area contributed by atoms with E-state index >= 15 is 0 Å². The Balaban J connectivity index is 1.64.